The van der Waals surface area contributed by atoms with Gasteiger partial charge in [0.2, 0.25) is 0 Å². The van der Waals surface area contributed by atoms with Crippen LogP contribution >= 0.6 is 11.8 Å². The molecule has 0 radical (unpaired) electrons. The Labute approximate surface area is 94.4 Å². The number of thioether (sulfide) groups is 1. The van der Waals surface area contributed by atoms with E-state index in [0.717, 1.165) is 12.3 Å². The first-order chi connectivity index (χ1) is 7.15. The predicted molar refractivity (Wildman–Crippen MR) is 66.8 cm³/mol. The summed E-state index contributed by atoms with van der Waals surface area (Å²) in [4.78, 5) is 0. The number of rotatable bonds is 5. The third-order valence-electron chi connectivity index (χ3n) is 2.15. The molecule has 0 fully saturated rings. The molecule has 0 aromatic heterocycles. The summed E-state index contributed by atoms with van der Waals surface area (Å²) in [5, 5.41) is 3.16. The Kier molecular flexibility index (Phi) is 4.75. The van der Waals surface area contributed by atoms with Crippen LogP contribution in [0.1, 0.15) is 6.92 Å². The number of halogens is 1. The first-order valence-electron chi connectivity index (χ1n) is 4.92. The molecule has 0 saturated heterocycles. The Morgan fingerprint density at radius 2 is 2.27 bits per heavy atom. The second-order valence-electron chi connectivity index (χ2n) is 3.64. The van der Waals surface area contributed by atoms with Crippen molar-refractivity contribution in [2.24, 2.45) is 5.92 Å². The fraction of sp³-hybridized carbons (Fsp3) is 0.455. The topological polar surface area (TPSA) is 38.0 Å². The van der Waals surface area contributed by atoms with E-state index in [1.807, 2.05) is 0 Å². The van der Waals surface area contributed by atoms with Crippen LogP contribution in [0, 0.1) is 11.7 Å². The molecule has 3 N–H and O–H groups in total. The molecule has 4 heteroatoms. The summed E-state index contributed by atoms with van der Waals surface area (Å²) in [6, 6.07) is 4.82. The predicted octanol–water partition coefficient (Wildman–Crippen LogP) is 2.82. The highest BCUT2D eigenvalue weighted by molar-refractivity contribution is 7.98. The fourth-order valence-corrected chi connectivity index (χ4v) is 2.01. The van der Waals surface area contributed by atoms with Crippen LogP contribution in [0.4, 0.5) is 15.8 Å². The number of nitrogens with one attached hydrogen (secondary N) is 1. The van der Waals surface area contributed by atoms with Crippen molar-refractivity contribution < 1.29 is 4.39 Å². The molecule has 0 heterocycles. The van der Waals surface area contributed by atoms with E-state index in [0.29, 0.717) is 11.6 Å². The average molecular weight is 228 g/mol. The molecule has 1 unspecified atom stereocenters. The maximum absolute atomic E-state index is 13.1. The molecule has 84 valence electrons. The van der Waals surface area contributed by atoms with E-state index in [1.165, 1.54) is 6.07 Å². The third-order valence-corrected chi connectivity index (χ3v) is 3.05. The van der Waals surface area contributed by atoms with Gasteiger partial charge < -0.3 is 11.1 Å². The Morgan fingerprint density at radius 3 is 2.93 bits per heavy atom. The number of benzene rings is 1. The van der Waals surface area contributed by atoms with Crippen LogP contribution < -0.4 is 11.1 Å². The first-order valence-corrected chi connectivity index (χ1v) is 6.31. The largest absolute Gasteiger partial charge is 0.395 e. The number of para-hydroxylation sites is 1. The quantitative estimate of drug-likeness (QED) is 0.761. The maximum Gasteiger partial charge on any atom is 0.148 e. The highest BCUT2D eigenvalue weighted by Gasteiger charge is 2.05. The SMILES string of the molecule is CSCC(C)CNc1cccc(F)c1N. The van der Waals surface area contributed by atoms with Crippen LogP contribution in [0.5, 0.6) is 0 Å². The Hall–Kier alpha value is -0.900. The van der Waals surface area contributed by atoms with Gasteiger partial charge in [-0.15, -0.1) is 0 Å². The van der Waals surface area contributed by atoms with Crippen LogP contribution in [0.3, 0.4) is 0 Å². The molecule has 2 nitrogen and oxygen atoms in total. The van der Waals surface area contributed by atoms with Crippen LogP contribution in [0.15, 0.2) is 18.2 Å². The molecule has 1 atom stereocenters. The van der Waals surface area contributed by atoms with Gasteiger partial charge in [-0.05, 0) is 30.1 Å². The molecule has 1 aromatic rings. The highest BCUT2D eigenvalue weighted by atomic mass is 32.2. The van der Waals surface area contributed by atoms with Gasteiger partial charge in [0.05, 0.1) is 11.4 Å². The minimum absolute atomic E-state index is 0.203. The van der Waals surface area contributed by atoms with Crippen molar-refractivity contribution in [3.8, 4) is 0 Å². The van der Waals surface area contributed by atoms with Crippen LogP contribution in [-0.4, -0.2) is 18.6 Å². The van der Waals surface area contributed by atoms with Crippen LogP contribution in [0.25, 0.3) is 0 Å². The number of hydrogen-bond donors (Lipinski definition) is 2. The van der Waals surface area contributed by atoms with Gasteiger partial charge in [-0.25, -0.2) is 4.39 Å². The molecule has 0 aliphatic rings. The summed E-state index contributed by atoms with van der Waals surface area (Å²) in [6.07, 6.45) is 2.08. The number of hydrogen-bond acceptors (Lipinski definition) is 3. The van der Waals surface area contributed by atoms with Gasteiger partial charge in [-0.2, -0.15) is 11.8 Å². The monoisotopic (exact) mass is 228 g/mol. The number of nitrogen functional groups attached to an aromatic ring is 1. The molecule has 1 aromatic carbocycles. The molecular formula is C11H17FN2S. The summed E-state index contributed by atoms with van der Waals surface area (Å²) >= 11 is 1.81. The highest BCUT2D eigenvalue weighted by Crippen LogP contribution is 2.21. The molecular weight excluding hydrogens is 211 g/mol. The van der Waals surface area contributed by atoms with Gasteiger partial charge >= 0.3 is 0 Å². The van der Waals surface area contributed by atoms with E-state index in [2.05, 4.69) is 18.5 Å². The van der Waals surface area contributed by atoms with Crippen molar-refractivity contribution >= 4 is 23.1 Å². The lowest BCUT2D eigenvalue weighted by atomic mass is 10.2. The standard InChI is InChI=1S/C11H17FN2S/c1-8(7-15-2)6-14-10-5-3-4-9(12)11(10)13/h3-5,8,14H,6-7,13H2,1-2H3. The van der Waals surface area contributed by atoms with Gasteiger partial charge in [0.25, 0.3) is 0 Å². The Morgan fingerprint density at radius 1 is 1.53 bits per heavy atom. The van der Waals surface area contributed by atoms with Crippen molar-refractivity contribution in [3.63, 3.8) is 0 Å². The zero-order valence-corrected chi connectivity index (χ0v) is 9.90. The van der Waals surface area contributed by atoms with Gasteiger partial charge in [0, 0.05) is 6.54 Å². The van der Waals surface area contributed by atoms with Crippen molar-refractivity contribution in [1.82, 2.24) is 0 Å². The maximum atomic E-state index is 13.1. The summed E-state index contributed by atoms with van der Waals surface area (Å²) in [5.41, 5.74) is 6.49. The normalized spacial score (nSPS) is 12.5. The lowest BCUT2D eigenvalue weighted by molar-refractivity contribution is 0.632. The third kappa shape index (κ3) is 3.63. The van der Waals surface area contributed by atoms with E-state index in [9.17, 15) is 4.39 Å². The van der Waals surface area contributed by atoms with E-state index in [4.69, 9.17) is 5.73 Å². The summed E-state index contributed by atoms with van der Waals surface area (Å²) in [6.45, 7) is 2.97. The van der Waals surface area contributed by atoms with Crippen molar-refractivity contribution in [3.05, 3.63) is 24.0 Å². The zero-order valence-electron chi connectivity index (χ0n) is 9.09. The van der Waals surface area contributed by atoms with Crippen molar-refractivity contribution in [2.45, 2.75) is 6.92 Å². The summed E-state index contributed by atoms with van der Waals surface area (Å²) < 4.78 is 13.1. The van der Waals surface area contributed by atoms with Gasteiger partial charge in [0.15, 0.2) is 0 Å². The number of anilines is 2. The Balaban J connectivity index is 2.54. The van der Waals surface area contributed by atoms with Crippen LogP contribution in [0.2, 0.25) is 0 Å². The lowest BCUT2D eigenvalue weighted by Gasteiger charge is -2.13. The second-order valence-corrected chi connectivity index (χ2v) is 4.55. The number of nitrogens with two attached hydrogens (primary N) is 1. The fourth-order valence-electron chi connectivity index (χ4n) is 1.32. The molecule has 0 aliphatic carbocycles. The van der Waals surface area contributed by atoms with E-state index in [-0.39, 0.29) is 11.5 Å². The second kappa shape index (κ2) is 5.85. The zero-order chi connectivity index (χ0) is 11.3. The van der Waals surface area contributed by atoms with Gasteiger partial charge in [0.1, 0.15) is 5.82 Å². The molecule has 0 bridgehead atoms. The molecule has 15 heavy (non-hydrogen) atoms. The molecule has 0 spiro atoms. The molecule has 0 saturated carbocycles. The minimum Gasteiger partial charge on any atom is -0.395 e. The molecule has 0 aliphatic heterocycles. The Bertz CT molecular complexity index is 317. The van der Waals surface area contributed by atoms with E-state index < -0.39 is 0 Å². The van der Waals surface area contributed by atoms with E-state index in [1.54, 1.807) is 23.9 Å². The van der Waals surface area contributed by atoms with Gasteiger partial charge in [-0.3, -0.25) is 0 Å². The lowest BCUT2D eigenvalue weighted by Crippen LogP contribution is -2.14. The molecule has 0 amide bonds. The van der Waals surface area contributed by atoms with E-state index >= 15 is 0 Å². The minimum atomic E-state index is -0.363. The van der Waals surface area contributed by atoms with Gasteiger partial charge in [-0.1, -0.05) is 13.0 Å². The summed E-state index contributed by atoms with van der Waals surface area (Å²) in [5.74, 6) is 1.27. The smallest absolute Gasteiger partial charge is 0.148 e. The average Bonchev–Trinajstić information content (AvgIpc) is 2.21. The van der Waals surface area contributed by atoms with Crippen molar-refractivity contribution in [1.29, 1.82) is 0 Å². The van der Waals surface area contributed by atoms with Crippen molar-refractivity contribution in [2.75, 3.05) is 29.6 Å². The molecule has 1 rings (SSSR count). The summed E-state index contributed by atoms with van der Waals surface area (Å²) in [7, 11) is 0. The first kappa shape index (κ1) is 12.2. The van der Waals surface area contributed by atoms with Crippen LogP contribution in [-0.2, 0) is 0 Å².